The molecule has 5 nitrogen and oxygen atoms in total. The van der Waals surface area contributed by atoms with E-state index in [0.29, 0.717) is 10.7 Å². The van der Waals surface area contributed by atoms with E-state index in [-0.39, 0.29) is 5.89 Å². The zero-order valence-electron chi connectivity index (χ0n) is 7.95. The number of benzene rings is 1. The van der Waals surface area contributed by atoms with Crippen molar-refractivity contribution in [2.45, 2.75) is 0 Å². The van der Waals surface area contributed by atoms with Gasteiger partial charge >= 0.3 is 5.76 Å². The van der Waals surface area contributed by atoms with Gasteiger partial charge < -0.3 is 9.40 Å². The van der Waals surface area contributed by atoms with E-state index >= 15 is 0 Å². The van der Waals surface area contributed by atoms with Gasteiger partial charge in [0, 0.05) is 15.9 Å². The number of halogens is 1. The van der Waals surface area contributed by atoms with Gasteiger partial charge in [-0.2, -0.15) is 0 Å². The Bertz CT molecular complexity index is 710. The molecule has 2 N–H and O–H groups in total. The highest BCUT2D eigenvalue weighted by atomic mass is 35.5. The van der Waals surface area contributed by atoms with Crippen molar-refractivity contribution in [1.29, 1.82) is 0 Å². The second kappa shape index (κ2) is 3.24. The first kappa shape index (κ1) is 9.23. The fourth-order valence-corrected chi connectivity index (χ4v) is 1.74. The summed E-state index contributed by atoms with van der Waals surface area (Å²) in [5.41, 5.74) is 1.54. The lowest BCUT2D eigenvalue weighted by molar-refractivity contribution is 0.525. The summed E-state index contributed by atoms with van der Waals surface area (Å²) in [5.74, 6) is -0.344. The van der Waals surface area contributed by atoms with Crippen molar-refractivity contribution in [3.8, 4) is 11.6 Å². The lowest BCUT2D eigenvalue weighted by Crippen LogP contribution is -1.93. The minimum Gasteiger partial charge on any atom is -0.386 e. The Hall–Kier alpha value is -2.01. The molecule has 16 heavy (non-hydrogen) atoms. The minimum atomic E-state index is -0.577. The Morgan fingerprint density at radius 2 is 2.19 bits per heavy atom. The van der Waals surface area contributed by atoms with Crippen LogP contribution in [0.4, 0.5) is 0 Å². The van der Waals surface area contributed by atoms with Crippen LogP contribution in [-0.2, 0) is 0 Å². The summed E-state index contributed by atoms with van der Waals surface area (Å²) in [5, 5.41) is 7.53. The molecule has 6 heteroatoms. The Balaban J connectivity index is 2.22. The van der Waals surface area contributed by atoms with E-state index < -0.39 is 5.76 Å². The van der Waals surface area contributed by atoms with E-state index in [9.17, 15) is 4.79 Å². The van der Waals surface area contributed by atoms with E-state index in [1.165, 1.54) is 0 Å². The standard InChI is InChI=1S/C10H6ClN3O2/c11-6-1-2-7-5(3-6)4-8(12-7)9-13-14-10(15)16-9/h1-4,12H,(H,14,15). The number of rotatable bonds is 1. The maximum atomic E-state index is 10.8. The van der Waals surface area contributed by atoms with Gasteiger partial charge in [-0.3, -0.25) is 0 Å². The smallest absolute Gasteiger partial charge is 0.386 e. The van der Waals surface area contributed by atoms with Crippen molar-refractivity contribution in [2.75, 3.05) is 0 Å². The summed E-state index contributed by atoms with van der Waals surface area (Å²) in [7, 11) is 0. The molecule has 0 unspecified atom stereocenters. The van der Waals surface area contributed by atoms with Gasteiger partial charge in [-0.15, -0.1) is 5.10 Å². The molecule has 80 valence electrons. The number of nitrogens with zero attached hydrogens (tertiary/aromatic N) is 1. The molecule has 0 aliphatic rings. The minimum absolute atomic E-state index is 0.234. The lowest BCUT2D eigenvalue weighted by atomic mass is 10.2. The zero-order chi connectivity index (χ0) is 11.1. The molecule has 3 rings (SSSR count). The topological polar surface area (TPSA) is 74.7 Å². The second-order valence-corrected chi connectivity index (χ2v) is 3.77. The van der Waals surface area contributed by atoms with Crippen LogP contribution in [0.5, 0.6) is 0 Å². The van der Waals surface area contributed by atoms with Crippen molar-refractivity contribution in [1.82, 2.24) is 15.2 Å². The summed E-state index contributed by atoms with van der Waals surface area (Å²) in [6, 6.07) is 7.28. The monoisotopic (exact) mass is 235 g/mol. The van der Waals surface area contributed by atoms with Crippen LogP contribution in [-0.4, -0.2) is 15.2 Å². The van der Waals surface area contributed by atoms with Gasteiger partial charge in [-0.1, -0.05) is 11.6 Å². The molecule has 0 bridgehead atoms. The van der Waals surface area contributed by atoms with E-state index in [4.69, 9.17) is 16.0 Å². The Morgan fingerprint density at radius 3 is 2.94 bits per heavy atom. The maximum absolute atomic E-state index is 10.8. The van der Waals surface area contributed by atoms with E-state index in [2.05, 4.69) is 15.2 Å². The normalized spacial score (nSPS) is 11.1. The number of fused-ring (bicyclic) bond motifs is 1. The molecule has 0 atom stereocenters. The molecule has 1 aromatic carbocycles. The molecule has 2 heterocycles. The molecular formula is C10H6ClN3O2. The summed E-state index contributed by atoms with van der Waals surface area (Å²) >= 11 is 5.87. The van der Waals surface area contributed by atoms with Gasteiger partial charge in [0.25, 0.3) is 5.89 Å². The van der Waals surface area contributed by atoms with Crippen molar-refractivity contribution in [3.63, 3.8) is 0 Å². The van der Waals surface area contributed by atoms with Gasteiger partial charge in [-0.05, 0) is 24.3 Å². The van der Waals surface area contributed by atoms with E-state index in [1.54, 1.807) is 6.07 Å². The average Bonchev–Trinajstić information content (AvgIpc) is 2.83. The van der Waals surface area contributed by atoms with Gasteiger partial charge in [-0.25, -0.2) is 9.89 Å². The SMILES string of the molecule is O=c1[nH]nc(-c2cc3cc(Cl)ccc3[nH]2)o1. The Kier molecular flexibility index (Phi) is 1.87. The molecule has 2 aromatic heterocycles. The average molecular weight is 236 g/mol. The quantitative estimate of drug-likeness (QED) is 0.679. The van der Waals surface area contributed by atoms with Gasteiger partial charge in [0.15, 0.2) is 0 Å². The molecular weight excluding hydrogens is 230 g/mol. The molecule has 0 spiro atoms. The molecule has 0 saturated carbocycles. The fraction of sp³-hybridized carbons (Fsp3) is 0. The third-order valence-electron chi connectivity index (χ3n) is 2.25. The van der Waals surface area contributed by atoms with Crippen LogP contribution >= 0.6 is 11.6 Å². The van der Waals surface area contributed by atoms with Crippen molar-refractivity contribution in [3.05, 3.63) is 39.8 Å². The highest BCUT2D eigenvalue weighted by Crippen LogP contribution is 2.24. The summed E-state index contributed by atoms with van der Waals surface area (Å²) in [4.78, 5) is 13.9. The third-order valence-corrected chi connectivity index (χ3v) is 2.49. The second-order valence-electron chi connectivity index (χ2n) is 3.33. The Morgan fingerprint density at radius 1 is 1.31 bits per heavy atom. The van der Waals surface area contributed by atoms with E-state index in [1.807, 2.05) is 18.2 Å². The van der Waals surface area contributed by atoms with Crippen molar-refractivity contribution >= 4 is 22.5 Å². The van der Waals surface area contributed by atoms with E-state index in [0.717, 1.165) is 10.9 Å². The molecule has 0 aliphatic carbocycles. The van der Waals surface area contributed by atoms with Crippen LogP contribution in [0.15, 0.2) is 33.5 Å². The highest BCUT2D eigenvalue weighted by molar-refractivity contribution is 6.31. The predicted octanol–water partition coefficient (Wildman–Crippen LogP) is 2.16. The number of nitrogens with one attached hydrogen (secondary N) is 2. The van der Waals surface area contributed by atoms with Crippen LogP contribution < -0.4 is 5.76 Å². The van der Waals surface area contributed by atoms with Gasteiger partial charge in [0.1, 0.15) is 5.69 Å². The first-order chi connectivity index (χ1) is 7.72. The van der Waals surface area contributed by atoms with Crippen LogP contribution in [0.1, 0.15) is 0 Å². The zero-order valence-corrected chi connectivity index (χ0v) is 8.71. The first-order valence-electron chi connectivity index (χ1n) is 4.56. The molecule has 0 saturated heterocycles. The number of H-pyrrole nitrogens is 2. The molecule has 0 amide bonds. The van der Waals surface area contributed by atoms with Crippen molar-refractivity contribution < 1.29 is 4.42 Å². The Labute approximate surface area is 94.0 Å². The first-order valence-corrected chi connectivity index (χ1v) is 4.94. The predicted molar refractivity (Wildman–Crippen MR) is 59.4 cm³/mol. The fourth-order valence-electron chi connectivity index (χ4n) is 1.56. The number of hydrogen-bond acceptors (Lipinski definition) is 3. The van der Waals surface area contributed by atoms with Crippen LogP contribution in [0, 0.1) is 0 Å². The largest absolute Gasteiger partial charge is 0.434 e. The lowest BCUT2D eigenvalue weighted by Gasteiger charge is -1.88. The summed E-state index contributed by atoms with van der Waals surface area (Å²) < 4.78 is 4.84. The molecule has 0 fully saturated rings. The summed E-state index contributed by atoms with van der Waals surface area (Å²) in [6.45, 7) is 0. The van der Waals surface area contributed by atoms with Gasteiger partial charge in [0.2, 0.25) is 0 Å². The number of hydrogen-bond donors (Lipinski definition) is 2. The van der Waals surface area contributed by atoms with Gasteiger partial charge in [0.05, 0.1) is 0 Å². The molecule has 3 aromatic rings. The number of aromatic amines is 2. The van der Waals surface area contributed by atoms with Crippen molar-refractivity contribution in [2.24, 2.45) is 0 Å². The molecule has 0 radical (unpaired) electrons. The van der Waals surface area contributed by atoms with Crippen LogP contribution in [0.3, 0.4) is 0 Å². The third kappa shape index (κ3) is 1.42. The number of aromatic nitrogens is 3. The highest BCUT2D eigenvalue weighted by Gasteiger charge is 2.08. The van der Waals surface area contributed by atoms with Crippen LogP contribution in [0.2, 0.25) is 5.02 Å². The van der Waals surface area contributed by atoms with Crippen LogP contribution in [0.25, 0.3) is 22.5 Å². The maximum Gasteiger partial charge on any atom is 0.434 e. The molecule has 0 aliphatic heterocycles. The summed E-state index contributed by atoms with van der Waals surface area (Å²) in [6.07, 6.45) is 0.